The molecule has 5 nitrogen and oxygen atoms in total. The van der Waals surface area contributed by atoms with Gasteiger partial charge in [-0.15, -0.1) is 0 Å². The number of nitriles is 1. The van der Waals surface area contributed by atoms with Crippen LogP contribution in [0.15, 0.2) is 36.5 Å². The van der Waals surface area contributed by atoms with Crippen molar-refractivity contribution in [2.75, 3.05) is 0 Å². The fraction of sp³-hybridized carbons (Fsp3) is 0.167. The highest BCUT2D eigenvalue weighted by molar-refractivity contribution is 5.97. The molecular formula is C18H16N4O. The molecular weight excluding hydrogens is 288 g/mol. The van der Waals surface area contributed by atoms with Gasteiger partial charge in [-0.05, 0) is 34.7 Å². The number of aromatic amines is 1. The maximum Gasteiger partial charge on any atom is 0.249 e. The molecule has 114 valence electrons. The zero-order valence-electron chi connectivity index (χ0n) is 12.9. The average molecular weight is 304 g/mol. The van der Waals surface area contributed by atoms with E-state index in [0.717, 1.165) is 22.0 Å². The molecule has 1 aromatic heterocycles. The highest BCUT2D eigenvalue weighted by atomic mass is 16.1. The molecule has 0 aliphatic rings. The maximum absolute atomic E-state index is 11.7. The minimum absolute atomic E-state index is 0.0167. The van der Waals surface area contributed by atoms with E-state index in [1.165, 1.54) is 0 Å². The molecule has 1 heterocycles. The third-order valence-electron chi connectivity index (χ3n) is 3.95. The highest BCUT2D eigenvalue weighted by Crippen LogP contribution is 2.33. The zero-order chi connectivity index (χ0) is 16.6. The second-order valence-electron chi connectivity index (χ2n) is 5.75. The smallest absolute Gasteiger partial charge is 0.249 e. The molecule has 1 amide bonds. The first-order valence-corrected chi connectivity index (χ1v) is 7.33. The monoisotopic (exact) mass is 304 g/mol. The molecule has 3 N–H and O–H groups in total. The van der Waals surface area contributed by atoms with E-state index in [9.17, 15) is 10.1 Å². The van der Waals surface area contributed by atoms with Crippen molar-refractivity contribution in [3.05, 3.63) is 53.2 Å². The molecule has 0 atom stereocenters. The van der Waals surface area contributed by atoms with Crippen LogP contribution in [0.4, 0.5) is 0 Å². The summed E-state index contributed by atoms with van der Waals surface area (Å²) in [6, 6.07) is 11.6. The van der Waals surface area contributed by atoms with Gasteiger partial charge in [0.2, 0.25) is 5.91 Å². The third kappa shape index (κ3) is 2.44. The maximum atomic E-state index is 11.7. The number of nitrogens with zero attached hydrogens (tertiary/aromatic N) is 2. The van der Waals surface area contributed by atoms with Crippen molar-refractivity contribution in [2.24, 2.45) is 5.73 Å². The number of carbonyl (C=O) groups excluding carboxylic acids is 1. The van der Waals surface area contributed by atoms with Gasteiger partial charge < -0.3 is 5.73 Å². The quantitative estimate of drug-likeness (QED) is 0.776. The number of hydrogen-bond donors (Lipinski definition) is 2. The second kappa shape index (κ2) is 5.58. The minimum Gasteiger partial charge on any atom is -0.366 e. The number of fused-ring (bicyclic) bond motifs is 1. The predicted molar refractivity (Wildman–Crippen MR) is 88.9 cm³/mol. The first-order valence-electron chi connectivity index (χ1n) is 7.33. The number of nitrogens with one attached hydrogen (secondary N) is 1. The Labute approximate surface area is 133 Å². The van der Waals surface area contributed by atoms with E-state index in [1.54, 1.807) is 18.3 Å². The first-order chi connectivity index (χ1) is 11.0. The molecule has 0 saturated heterocycles. The Morgan fingerprint density at radius 1 is 1.30 bits per heavy atom. The van der Waals surface area contributed by atoms with E-state index in [-0.39, 0.29) is 5.92 Å². The van der Waals surface area contributed by atoms with Crippen LogP contribution in [0, 0.1) is 11.3 Å². The molecule has 3 aromatic rings. The van der Waals surface area contributed by atoms with Gasteiger partial charge in [-0.25, -0.2) is 0 Å². The second-order valence-corrected chi connectivity index (χ2v) is 5.75. The molecule has 0 fully saturated rings. The lowest BCUT2D eigenvalue weighted by atomic mass is 9.86. The Morgan fingerprint density at radius 2 is 2.09 bits per heavy atom. The number of hydrogen-bond acceptors (Lipinski definition) is 3. The van der Waals surface area contributed by atoms with Gasteiger partial charge in [-0.1, -0.05) is 32.0 Å². The molecule has 5 heteroatoms. The summed E-state index contributed by atoms with van der Waals surface area (Å²) in [4.78, 5) is 11.7. The molecule has 0 bridgehead atoms. The summed E-state index contributed by atoms with van der Waals surface area (Å²) in [5.41, 5.74) is 9.65. The van der Waals surface area contributed by atoms with E-state index in [0.29, 0.717) is 16.7 Å². The van der Waals surface area contributed by atoms with Crippen molar-refractivity contribution in [3.8, 4) is 17.2 Å². The summed E-state index contributed by atoms with van der Waals surface area (Å²) < 4.78 is 0. The van der Waals surface area contributed by atoms with Gasteiger partial charge in [0.15, 0.2) is 0 Å². The van der Waals surface area contributed by atoms with Crippen molar-refractivity contribution in [1.82, 2.24) is 10.2 Å². The number of benzene rings is 2. The fourth-order valence-electron chi connectivity index (χ4n) is 2.90. The molecule has 0 aliphatic heterocycles. The van der Waals surface area contributed by atoms with Crippen LogP contribution >= 0.6 is 0 Å². The first kappa shape index (κ1) is 14.8. The largest absolute Gasteiger partial charge is 0.366 e. The Bertz CT molecular complexity index is 947. The Hall–Kier alpha value is -3.13. The van der Waals surface area contributed by atoms with Crippen molar-refractivity contribution in [3.63, 3.8) is 0 Å². The van der Waals surface area contributed by atoms with Crippen molar-refractivity contribution in [2.45, 2.75) is 19.8 Å². The van der Waals surface area contributed by atoms with Gasteiger partial charge in [-0.2, -0.15) is 10.4 Å². The van der Waals surface area contributed by atoms with Crippen LogP contribution in [0.2, 0.25) is 0 Å². The summed E-state index contributed by atoms with van der Waals surface area (Å²) in [6.45, 7) is 3.90. The zero-order valence-corrected chi connectivity index (χ0v) is 12.9. The number of aromatic nitrogens is 2. The minimum atomic E-state index is -0.513. The van der Waals surface area contributed by atoms with Gasteiger partial charge in [-0.3, -0.25) is 9.89 Å². The van der Waals surface area contributed by atoms with Gasteiger partial charge >= 0.3 is 0 Å². The molecule has 0 saturated carbocycles. The number of amides is 1. The Morgan fingerprint density at radius 3 is 2.74 bits per heavy atom. The van der Waals surface area contributed by atoms with Gasteiger partial charge in [0.05, 0.1) is 17.3 Å². The van der Waals surface area contributed by atoms with Crippen LogP contribution < -0.4 is 5.73 Å². The Kier molecular flexibility index (Phi) is 3.59. The van der Waals surface area contributed by atoms with Crippen molar-refractivity contribution in [1.29, 1.82) is 5.26 Å². The van der Waals surface area contributed by atoms with Crippen LogP contribution in [0.3, 0.4) is 0 Å². The topological polar surface area (TPSA) is 95.6 Å². The van der Waals surface area contributed by atoms with E-state index in [4.69, 9.17) is 5.73 Å². The number of primary amides is 1. The SMILES string of the molecule is CC(C)c1c(C(N)=O)ccc(-c2ccc3cn[nH]c3c2)c1C#N. The lowest BCUT2D eigenvalue weighted by Crippen LogP contribution is -2.16. The fourth-order valence-corrected chi connectivity index (χ4v) is 2.90. The molecule has 0 unspecified atom stereocenters. The number of H-pyrrole nitrogens is 1. The van der Waals surface area contributed by atoms with Crippen molar-refractivity contribution < 1.29 is 4.79 Å². The van der Waals surface area contributed by atoms with Crippen LogP contribution in [-0.2, 0) is 0 Å². The van der Waals surface area contributed by atoms with E-state index < -0.39 is 5.91 Å². The number of nitrogens with two attached hydrogens (primary N) is 1. The third-order valence-corrected chi connectivity index (χ3v) is 3.95. The average Bonchev–Trinajstić information content (AvgIpc) is 3.00. The molecule has 0 radical (unpaired) electrons. The predicted octanol–water partition coefficient (Wildman–Crippen LogP) is 3.32. The van der Waals surface area contributed by atoms with E-state index in [1.807, 2.05) is 32.0 Å². The molecule has 0 aliphatic carbocycles. The highest BCUT2D eigenvalue weighted by Gasteiger charge is 2.20. The van der Waals surface area contributed by atoms with Crippen molar-refractivity contribution >= 4 is 16.8 Å². The summed E-state index contributed by atoms with van der Waals surface area (Å²) in [6.07, 6.45) is 1.75. The van der Waals surface area contributed by atoms with Crippen LogP contribution in [0.5, 0.6) is 0 Å². The molecule has 3 rings (SSSR count). The van der Waals surface area contributed by atoms with Crippen LogP contribution in [0.25, 0.3) is 22.0 Å². The van der Waals surface area contributed by atoms with Gasteiger partial charge in [0.25, 0.3) is 0 Å². The summed E-state index contributed by atoms with van der Waals surface area (Å²) in [5, 5.41) is 17.6. The van der Waals surface area contributed by atoms with E-state index >= 15 is 0 Å². The number of rotatable bonds is 3. The van der Waals surface area contributed by atoms with Gasteiger partial charge in [0, 0.05) is 10.9 Å². The normalized spacial score (nSPS) is 10.9. The lowest BCUT2D eigenvalue weighted by molar-refractivity contribution is 0.0999. The summed E-state index contributed by atoms with van der Waals surface area (Å²) in [5.74, 6) is -0.497. The van der Waals surface area contributed by atoms with Crippen LogP contribution in [0.1, 0.15) is 41.3 Å². The lowest BCUT2D eigenvalue weighted by Gasteiger charge is -2.16. The molecule has 0 spiro atoms. The standard InChI is InChI=1S/C18H16N4O/c1-10(2)17-14(18(20)23)6-5-13(15(17)8-19)11-3-4-12-9-21-22-16(12)7-11/h3-7,9-10H,1-2H3,(H2,20,23)(H,21,22). The van der Waals surface area contributed by atoms with E-state index in [2.05, 4.69) is 16.3 Å². The van der Waals surface area contributed by atoms with Gasteiger partial charge in [0.1, 0.15) is 6.07 Å². The summed E-state index contributed by atoms with van der Waals surface area (Å²) >= 11 is 0. The Balaban J connectivity index is 2.29. The van der Waals surface area contributed by atoms with Crippen LogP contribution in [-0.4, -0.2) is 16.1 Å². The molecule has 23 heavy (non-hydrogen) atoms. The number of carbonyl (C=O) groups is 1. The molecule has 2 aromatic carbocycles. The summed E-state index contributed by atoms with van der Waals surface area (Å²) in [7, 11) is 0.